The monoisotopic (exact) mass is 311 g/mol. The Morgan fingerprint density at radius 3 is 2.57 bits per heavy atom. The molecule has 0 aliphatic heterocycles. The van der Waals surface area contributed by atoms with Crippen LogP contribution in [0.1, 0.15) is 37.8 Å². The normalized spacial score (nSPS) is 13.3. The summed E-state index contributed by atoms with van der Waals surface area (Å²) in [6.45, 7) is 5.34. The lowest BCUT2D eigenvalue weighted by Crippen LogP contribution is -2.33. The third kappa shape index (κ3) is 5.00. The average Bonchev–Trinajstić information content (AvgIpc) is 3.35. The highest BCUT2D eigenvalue weighted by molar-refractivity contribution is 5.76. The van der Waals surface area contributed by atoms with Crippen molar-refractivity contribution in [1.82, 2.24) is 0 Å². The minimum Gasteiger partial charge on any atom is -0.464 e. The van der Waals surface area contributed by atoms with E-state index >= 15 is 0 Å². The molecule has 1 aromatic rings. The van der Waals surface area contributed by atoms with Crippen LogP contribution >= 0.6 is 0 Å². The van der Waals surface area contributed by atoms with Crippen molar-refractivity contribution >= 4 is 11.7 Å². The third-order valence-electron chi connectivity index (χ3n) is 3.68. The summed E-state index contributed by atoms with van der Waals surface area (Å²) < 4.78 is 5.26. The standard InChI is InChI=1S/C18H21N3O2/c1-13(2)12-23-18(22)11-21(10-14-3-4-14)17-6-5-15(8-19)16(7-17)9-20/h5-7,13-14H,3-4,10-12H2,1-2H3. The van der Waals surface area contributed by atoms with E-state index in [2.05, 4.69) is 0 Å². The first-order valence-electron chi connectivity index (χ1n) is 7.88. The summed E-state index contributed by atoms with van der Waals surface area (Å²) in [5, 5.41) is 18.2. The highest BCUT2D eigenvalue weighted by Crippen LogP contribution is 2.32. The fraction of sp³-hybridized carbons (Fsp3) is 0.500. The van der Waals surface area contributed by atoms with Crippen LogP contribution in [0.5, 0.6) is 0 Å². The number of nitrogens with zero attached hydrogens (tertiary/aromatic N) is 3. The minimum atomic E-state index is -0.262. The van der Waals surface area contributed by atoms with E-state index in [4.69, 9.17) is 15.3 Å². The Labute approximate surface area is 137 Å². The number of hydrogen-bond acceptors (Lipinski definition) is 5. The van der Waals surface area contributed by atoms with Crippen LogP contribution in [0.15, 0.2) is 18.2 Å². The molecule has 0 spiro atoms. The minimum absolute atomic E-state index is 0.167. The number of rotatable bonds is 7. The van der Waals surface area contributed by atoms with E-state index in [0.29, 0.717) is 29.6 Å². The topological polar surface area (TPSA) is 77.1 Å². The number of benzene rings is 1. The van der Waals surface area contributed by atoms with Crippen LogP contribution in [-0.4, -0.2) is 25.7 Å². The summed E-state index contributed by atoms with van der Waals surface area (Å²) in [5.74, 6) is 0.632. The van der Waals surface area contributed by atoms with Gasteiger partial charge in [-0.15, -0.1) is 0 Å². The lowest BCUT2D eigenvalue weighted by Gasteiger charge is -2.24. The van der Waals surface area contributed by atoms with E-state index in [1.807, 2.05) is 30.9 Å². The molecule has 0 unspecified atom stereocenters. The van der Waals surface area contributed by atoms with Crippen LogP contribution in [0.4, 0.5) is 5.69 Å². The smallest absolute Gasteiger partial charge is 0.325 e. The molecule has 1 aromatic carbocycles. The molecule has 1 fully saturated rings. The van der Waals surface area contributed by atoms with Gasteiger partial charge in [0, 0.05) is 12.2 Å². The fourth-order valence-corrected chi connectivity index (χ4v) is 2.25. The van der Waals surface area contributed by atoms with E-state index in [0.717, 1.165) is 12.2 Å². The van der Waals surface area contributed by atoms with Gasteiger partial charge in [0.2, 0.25) is 0 Å². The summed E-state index contributed by atoms with van der Waals surface area (Å²) in [7, 11) is 0. The Kier molecular flexibility index (Phi) is 5.60. The molecule has 0 heterocycles. The second-order valence-electron chi connectivity index (χ2n) is 6.35. The van der Waals surface area contributed by atoms with Crippen molar-refractivity contribution in [1.29, 1.82) is 10.5 Å². The van der Waals surface area contributed by atoms with Gasteiger partial charge in [-0.1, -0.05) is 13.8 Å². The molecule has 0 N–H and O–H groups in total. The Morgan fingerprint density at radius 1 is 1.30 bits per heavy atom. The van der Waals surface area contributed by atoms with Crippen LogP contribution in [-0.2, 0) is 9.53 Å². The highest BCUT2D eigenvalue weighted by Gasteiger charge is 2.26. The van der Waals surface area contributed by atoms with Gasteiger partial charge in [-0.2, -0.15) is 10.5 Å². The molecule has 23 heavy (non-hydrogen) atoms. The second-order valence-corrected chi connectivity index (χ2v) is 6.35. The molecule has 5 heteroatoms. The molecule has 0 radical (unpaired) electrons. The van der Waals surface area contributed by atoms with Crippen molar-refractivity contribution in [3.8, 4) is 12.1 Å². The zero-order chi connectivity index (χ0) is 16.8. The number of anilines is 1. The van der Waals surface area contributed by atoms with Gasteiger partial charge in [-0.3, -0.25) is 4.79 Å². The Bertz CT molecular complexity index is 651. The Hall–Kier alpha value is -2.53. The average molecular weight is 311 g/mol. The highest BCUT2D eigenvalue weighted by atomic mass is 16.5. The zero-order valence-electron chi connectivity index (χ0n) is 13.6. The predicted molar refractivity (Wildman–Crippen MR) is 86.6 cm³/mol. The second kappa shape index (κ2) is 7.65. The molecule has 0 atom stereocenters. The van der Waals surface area contributed by atoms with Crippen LogP contribution in [0.2, 0.25) is 0 Å². The molecule has 0 saturated heterocycles. The van der Waals surface area contributed by atoms with Gasteiger partial charge < -0.3 is 9.64 Å². The number of carbonyl (C=O) groups is 1. The number of nitriles is 2. The lowest BCUT2D eigenvalue weighted by atomic mass is 10.1. The molecule has 120 valence electrons. The van der Waals surface area contributed by atoms with Crippen LogP contribution < -0.4 is 4.90 Å². The molecule has 1 aliphatic carbocycles. The molecule has 0 bridgehead atoms. The number of esters is 1. The molecule has 2 rings (SSSR count). The van der Waals surface area contributed by atoms with E-state index < -0.39 is 0 Å². The molecule has 5 nitrogen and oxygen atoms in total. The van der Waals surface area contributed by atoms with Crippen LogP contribution in [0, 0.1) is 34.5 Å². The van der Waals surface area contributed by atoms with Gasteiger partial charge in [0.25, 0.3) is 0 Å². The van der Waals surface area contributed by atoms with Crippen LogP contribution in [0.3, 0.4) is 0 Å². The summed E-state index contributed by atoms with van der Waals surface area (Å²) in [5.41, 5.74) is 1.47. The largest absolute Gasteiger partial charge is 0.464 e. The fourth-order valence-electron chi connectivity index (χ4n) is 2.25. The maximum Gasteiger partial charge on any atom is 0.325 e. The Morgan fingerprint density at radius 2 is 2.00 bits per heavy atom. The summed E-state index contributed by atoms with van der Waals surface area (Å²) in [6.07, 6.45) is 2.33. The van der Waals surface area contributed by atoms with Gasteiger partial charge in [-0.25, -0.2) is 0 Å². The third-order valence-corrected chi connectivity index (χ3v) is 3.68. The predicted octanol–water partition coefficient (Wildman–Crippen LogP) is 2.85. The quantitative estimate of drug-likeness (QED) is 0.724. The summed E-state index contributed by atoms with van der Waals surface area (Å²) in [6, 6.07) is 9.14. The van der Waals surface area contributed by atoms with Gasteiger partial charge in [0.05, 0.1) is 17.7 Å². The summed E-state index contributed by atoms with van der Waals surface area (Å²) >= 11 is 0. The van der Waals surface area contributed by atoms with Crippen molar-refractivity contribution < 1.29 is 9.53 Å². The van der Waals surface area contributed by atoms with Crippen molar-refractivity contribution in [2.75, 3.05) is 24.6 Å². The molecule has 0 amide bonds. The number of carbonyl (C=O) groups excluding carboxylic acids is 1. The van der Waals surface area contributed by atoms with E-state index in [-0.39, 0.29) is 12.5 Å². The first kappa shape index (κ1) is 16.8. The Balaban J connectivity index is 2.13. The SMILES string of the molecule is CC(C)COC(=O)CN(CC1CC1)c1ccc(C#N)c(C#N)c1. The van der Waals surface area contributed by atoms with Crippen molar-refractivity contribution in [2.24, 2.45) is 11.8 Å². The summed E-state index contributed by atoms with van der Waals surface area (Å²) in [4.78, 5) is 14.0. The van der Waals surface area contributed by atoms with Gasteiger partial charge in [-0.05, 0) is 42.9 Å². The van der Waals surface area contributed by atoms with Gasteiger partial charge in [0.15, 0.2) is 0 Å². The lowest BCUT2D eigenvalue weighted by molar-refractivity contribution is -0.143. The molecule has 1 aliphatic rings. The molecular weight excluding hydrogens is 290 g/mol. The number of ether oxygens (including phenoxy) is 1. The van der Waals surface area contributed by atoms with Gasteiger partial charge >= 0.3 is 5.97 Å². The molecule has 0 aromatic heterocycles. The van der Waals surface area contributed by atoms with E-state index in [1.54, 1.807) is 18.2 Å². The maximum absolute atomic E-state index is 12.0. The van der Waals surface area contributed by atoms with E-state index in [9.17, 15) is 4.79 Å². The first-order valence-corrected chi connectivity index (χ1v) is 7.88. The number of hydrogen-bond donors (Lipinski definition) is 0. The first-order chi connectivity index (χ1) is 11.0. The molecule has 1 saturated carbocycles. The van der Waals surface area contributed by atoms with Crippen molar-refractivity contribution in [2.45, 2.75) is 26.7 Å². The zero-order valence-corrected chi connectivity index (χ0v) is 13.6. The van der Waals surface area contributed by atoms with Crippen molar-refractivity contribution in [3.05, 3.63) is 29.3 Å². The van der Waals surface area contributed by atoms with Gasteiger partial charge in [0.1, 0.15) is 18.7 Å². The van der Waals surface area contributed by atoms with Crippen LogP contribution in [0.25, 0.3) is 0 Å². The maximum atomic E-state index is 12.0. The molecular formula is C18H21N3O2. The van der Waals surface area contributed by atoms with Crippen molar-refractivity contribution in [3.63, 3.8) is 0 Å². The van der Waals surface area contributed by atoms with E-state index in [1.165, 1.54) is 12.8 Å².